The van der Waals surface area contributed by atoms with E-state index in [0.29, 0.717) is 25.7 Å². The number of hydrogen-bond donors (Lipinski definition) is 3. The van der Waals surface area contributed by atoms with Crippen LogP contribution in [0.1, 0.15) is 39.0 Å². The van der Waals surface area contributed by atoms with E-state index in [1.165, 1.54) is 0 Å². The van der Waals surface area contributed by atoms with Crippen LogP contribution in [0, 0.1) is 0 Å². The van der Waals surface area contributed by atoms with Gasteiger partial charge in [-0.15, -0.1) is 0 Å². The van der Waals surface area contributed by atoms with Crippen LogP contribution >= 0.6 is 0 Å². The molecule has 0 heterocycles. The zero-order chi connectivity index (χ0) is 18.0. The quantitative estimate of drug-likeness (QED) is 0.363. The van der Waals surface area contributed by atoms with Gasteiger partial charge in [0.05, 0.1) is 18.8 Å². The minimum atomic E-state index is -0.644. The summed E-state index contributed by atoms with van der Waals surface area (Å²) < 4.78 is 10.8. The van der Waals surface area contributed by atoms with Crippen LogP contribution in [0.2, 0.25) is 0 Å². The predicted octanol–water partition coefficient (Wildman–Crippen LogP) is 2.78. The highest BCUT2D eigenvalue weighted by atomic mass is 16.5. The zero-order valence-electron chi connectivity index (χ0n) is 15.4. The normalized spacial score (nSPS) is 16.7. The van der Waals surface area contributed by atoms with Gasteiger partial charge >= 0.3 is 0 Å². The molecule has 0 saturated heterocycles. The van der Waals surface area contributed by atoms with Gasteiger partial charge in [0.1, 0.15) is 5.75 Å². The van der Waals surface area contributed by atoms with E-state index in [1.54, 1.807) is 7.11 Å². The third-order valence-electron chi connectivity index (χ3n) is 4.27. The number of nitrogens with zero attached hydrogens (tertiary/aromatic N) is 1. The predicted molar refractivity (Wildman–Crippen MR) is 101 cm³/mol. The molecule has 0 unspecified atom stereocenters. The fourth-order valence-corrected chi connectivity index (χ4v) is 2.92. The largest absolute Gasteiger partial charge is 0.493 e. The van der Waals surface area contributed by atoms with Gasteiger partial charge in [-0.25, -0.2) is 0 Å². The Kier molecular flexibility index (Phi) is 8.01. The molecular weight excluding hydrogens is 318 g/mol. The molecule has 25 heavy (non-hydrogen) atoms. The van der Waals surface area contributed by atoms with Crippen molar-refractivity contribution in [3.05, 3.63) is 24.3 Å². The maximum atomic E-state index is 10.5. The Morgan fingerprint density at radius 2 is 2.08 bits per heavy atom. The Hall–Kier alpha value is -1.79. The molecule has 0 amide bonds. The number of aliphatic imine (C=N–C) groups is 1. The second kappa shape index (κ2) is 10.3. The topological polar surface area (TPSA) is 75.1 Å². The lowest BCUT2D eigenvalue weighted by Crippen LogP contribution is -2.34. The van der Waals surface area contributed by atoms with Gasteiger partial charge in [0.25, 0.3) is 0 Å². The highest BCUT2D eigenvalue weighted by Gasteiger charge is 2.30. The third-order valence-corrected chi connectivity index (χ3v) is 4.27. The molecule has 0 aliphatic heterocycles. The van der Waals surface area contributed by atoms with Crippen LogP contribution in [0.4, 0.5) is 5.69 Å². The molecule has 0 spiro atoms. The van der Waals surface area contributed by atoms with Crippen LogP contribution in [-0.4, -0.2) is 50.1 Å². The van der Waals surface area contributed by atoms with Crippen molar-refractivity contribution in [1.29, 1.82) is 0 Å². The number of methoxy groups -OCH3 is 1. The second-order valence-corrected chi connectivity index (χ2v) is 6.47. The molecule has 1 aliphatic rings. The Bertz CT molecular complexity index is 542. The molecule has 0 radical (unpaired) electrons. The maximum Gasteiger partial charge on any atom is 0.195 e. The first kappa shape index (κ1) is 19.5. The molecule has 1 aromatic carbocycles. The van der Waals surface area contributed by atoms with Gasteiger partial charge in [0, 0.05) is 38.4 Å². The lowest BCUT2D eigenvalue weighted by atomic mass is 10.0. The number of rotatable bonds is 9. The van der Waals surface area contributed by atoms with Crippen molar-refractivity contribution in [1.82, 2.24) is 5.32 Å². The van der Waals surface area contributed by atoms with E-state index in [1.807, 2.05) is 31.2 Å². The van der Waals surface area contributed by atoms with Crippen LogP contribution in [0.5, 0.6) is 5.75 Å². The van der Waals surface area contributed by atoms with E-state index in [-0.39, 0.29) is 0 Å². The average Bonchev–Trinajstić information content (AvgIpc) is 3.04. The lowest BCUT2D eigenvalue weighted by molar-refractivity contribution is 0.0575. The molecule has 0 atom stereocenters. The van der Waals surface area contributed by atoms with E-state index in [2.05, 4.69) is 15.6 Å². The molecule has 140 valence electrons. The fourth-order valence-electron chi connectivity index (χ4n) is 2.92. The number of aliphatic hydroxyl groups is 1. The summed E-state index contributed by atoms with van der Waals surface area (Å²) in [6.45, 7) is 4.53. The molecular formula is C19H31N3O3. The fraction of sp³-hybridized carbons (Fsp3) is 0.632. The number of nitrogens with one attached hydrogen (secondary N) is 2. The van der Waals surface area contributed by atoms with Crippen molar-refractivity contribution >= 4 is 11.6 Å². The van der Waals surface area contributed by atoms with Crippen LogP contribution in [0.15, 0.2) is 29.3 Å². The smallest absolute Gasteiger partial charge is 0.195 e. The van der Waals surface area contributed by atoms with E-state index in [9.17, 15) is 5.11 Å². The van der Waals surface area contributed by atoms with E-state index in [4.69, 9.17) is 9.47 Å². The first-order valence-electron chi connectivity index (χ1n) is 9.15. The number of ether oxygens (including phenoxy) is 2. The molecule has 0 aromatic heterocycles. The van der Waals surface area contributed by atoms with E-state index in [0.717, 1.165) is 50.1 Å². The third kappa shape index (κ3) is 6.92. The Morgan fingerprint density at radius 1 is 1.28 bits per heavy atom. The molecule has 1 saturated carbocycles. The van der Waals surface area contributed by atoms with E-state index < -0.39 is 5.60 Å². The summed E-state index contributed by atoms with van der Waals surface area (Å²) in [5.74, 6) is 1.49. The monoisotopic (exact) mass is 349 g/mol. The average molecular weight is 349 g/mol. The van der Waals surface area contributed by atoms with Gasteiger partial charge < -0.3 is 25.2 Å². The molecule has 1 aromatic rings. The van der Waals surface area contributed by atoms with Gasteiger partial charge in [0.15, 0.2) is 5.96 Å². The Morgan fingerprint density at radius 3 is 2.80 bits per heavy atom. The first-order valence-corrected chi connectivity index (χ1v) is 9.15. The molecule has 6 heteroatoms. The Labute approximate surface area is 150 Å². The first-order chi connectivity index (χ1) is 12.1. The molecule has 3 N–H and O–H groups in total. The summed E-state index contributed by atoms with van der Waals surface area (Å²) in [6, 6.07) is 7.80. The number of guanidine groups is 1. The summed E-state index contributed by atoms with van der Waals surface area (Å²) in [5.41, 5.74) is 0.261. The van der Waals surface area contributed by atoms with E-state index >= 15 is 0 Å². The highest BCUT2D eigenvalue weighted by molar-refractivity contribution is 5.93. The van der Waals surface area contributed by atoms with Crippen LogP contribution < -0.4 is 15.4 Å². The van der Waals surface area contributed by atoms with Crippen LogP contribution in [0.25, 0.3) is 0 Å². The number of benzene rings is 1. The Balaban J connectivity index is 1.93. The van der Waals surface area contributed by atoms with Crippen molar-refractivity contribution in [3.8, 4) is 5.75 Å². The number of anilines is 1. The van der Waals surface area contributed by atoms with Gasteiger partial charge in [-0.2, -0.15) is 0 Å². The second-order valence-electron chi connectivity index (χ2n) is 6.47. The van der Waals surface area contributed by atoms with Crippen molar-refractivity contribution in [2.24, 2.45) is 4.99 Å². The summed E-state index contributed by atoms with van der Waals surface area (Å²) in [6.07, 6.45) is 4.69. The molecule has 2 rings (SSSR count). The summed E-state index contributed by atoms with van der Waals surface area (Å²) >= 11 is 0. The molecule has 0 bridgehead atoms. The van der Waals surface area contributed by atoms with Gasteiger partial charge in [0.2, 0.25) is 0 Å². The summed E-state index contributed by atoms with van der Waals surface area (Å²) in [5, 5.41) is 17.0. The molecule has 1 aliphatic carbocycles. The van der Waals surface area contributed by atoms with Crippen molar-refractivity contribution in [3.63, 3.8) is 0 Å². The minimum Gasteiger partial charge on any atom is -0.493 e. The summed E-state index contributed by atoms with van der Waals surface area (Å²) in [7, 11) is 1.69. The van der Waals surface area contributed by atoms with Gasteiger partial charge in [-0.3, -0.25) is 4.99 Å². The van der Waals surface area contributed by atoms with Crippen molar-refractivity contribution in [2.75, 3.05) is 38.7 Å². The van der Waals surface area contributed by atoms with Gasteiger partial charge in [-0.1, -0.05) is 18.9 Å². The SMILES string of the molecule is CCNC(=NCC1(O)CCCC1)Nc1cccc(OCCCOC)c1. The molecule has 1 fully saturated rings. The lowest BCUT2D eigenvalue weighted by Gasteiger charge is -2.20. The summed E-state index contributed by atoms with van der Waals surface area (Å²) in [4.78, 5) is 4.57. The van der Waals surface area contributed by atoms with Crippen LogP contribution in [0.3, 0.4) is 0 Å². The highest BCUT2D eigenvalue weighted by Crippen LogP contribution is 2.29. The number of hydrogen-bond acceptors (Lipinski definition) is 4. The minimum absolute atomic E-state index is 0.426. The van der Waals surface area contributed by atoms with Gasteiger partial charge in [-0.05, 0) is 31.9 Å². The van der Waals surface area contributed by atoms with Crippen LogP contribution in [-0.2, 0) is 4.74 Å². The van der Waals surface area contributed by atoms with Crippen molar-refractivity contribution in [2.45, 2.75) is 44.6 Å². The standard InChI is InChI=1S/C19H31N3O3/c1-3-20-18(21-15-19(23)10-4-5-11-19)22-16-8-6-9-17(14-16)25-13-7-12-24-2/h6,8-9,14,23H,3-5,7,10-13,15H2,1-2H3,(H2,20,21,22). The maximum absolute atomic E-state index is 10.5. The zero-order valence-corrected chi connectivity index (χ0v) is 15.4. The molecule has 6 nitrogen and oxygen atoms in total. The van der Waals surface area contributed by atoms with Crippen molar-refractivity contribution < 1.29 is 14.6 Å².